The number of ether oxygens (including phenoxy) is 1. The van der Waals surface area contributed by atoms with E-state index >= 15 is 0 Å². The standard InChI is InChI=1S/C14H19N5O3.2C2H6.C2H4/c1-8(2)14(21)18-12-11-13(16-6-15-12)19(7-17-11)10-4-3-9(5-20)22-10;3*1-2/h6-10,20H,3-5H2,1-2H3,(H,15,16,18,21);2*1-2H3;1-2H2. The number of hydrogen-bond acceptors (Lipinski definition) is 6. The van der Waals surface area contributed by atoms with E-state index in [1.807, 2.05) is 46.1 Å². The Bertz CT molecular complexity index is 702. The van der Waals surface area contributed by atoms with Crippen LogP contribution in [0.5, 0.6) is 0 Å². The molecule has 2 atom stereocenters. The molecule has 1 aliphatic rings. The van der Waals surface area contributed by atoms with E-state index in [0.29, 0.717) is 17.0 Å². The molecular weight excluding hydrogens is 358 g/mol. The van der Waals surface area contributed by atoms with Crippen LogP contribution in [0.2, 0.25) is 0 Å². The number of hydrogen-bond donors (Lipinski definition) is 2. The van der Waals surface area contributed by atoms with E-state index in [4.69, 9.17) is 9.84 Å². The third kappa shape index (κ3) is 6.38. The molecule has 0 spiro atoms. The maximum absolute atomic E-state index is 11.8. The van der Waals surface area contributed by atoms with Crippen molar-refractivity contribution in [2.45, 2.75) is 66.7 Å². The van der Waals surface area contributed by atoms with Gasteiger partial charge >= 0.3 is 0 Å². The fraction of sp³-hybridized carbons (Fsp3) is 0.600. The van der Waals surface area contributed by atoms with E-state index < -0.39 is 0 Å². The second-order valence-corrected chi connectivity index (χ2v) is 5.66. The van der Waals surface area contributed by atoms with Gasteiger partial charge < -0.3 is 15.2 Å². The summed E-state index contributed by atoms with van der Waals surface area (Å²) in [5.41, 5.74) is 1.14. The molecule has 1 saturated heterocycles. The van der Waals surface area contributed by atoms with Crippen LogP contribution in [0.3, 0.4) is 0 Å². The number of aromatic nitrogens is 4. The summed E-state index contributed by atoms with van der Waals surface area (Å²) in [5.74, 6) is 0.141. The number of nitrogens with one attached hydrogen (secondary N) is 1. The fourth-order valence-electron chi connectivity index (χ4n) is 2.44. The molecule has 0 aromatic carbocycles. The summed E-state index contributed by atoms with van der Waals surface area (Å²) in [6.07, 6.45) is 4.26. The van der Waals surface area contributed by atoms with Gasteiger partial charge in [-0.1, -0.05) is 41.5 Å². The van der Waals surface area contributed by atoms with E-state index in [2.05, 4.69) is 33.4 Å². The molecule has 158 valence electrons. The summed E-state index contributed by atoms with van der Waals surface area (Å²) in [7, 11) is 0. The number of aliphatic hydroxyl groups excluding tert-OH is 1. The van der Waals surface area contributed by atoms with Gasteiger partial charge in [-0.15, -0.1) is 13.2 Å². The largest absolute Gasteiger partial charge is 0.394 e. The maximum atomic E-state index is 11.8. The van der Waals surface area contributed by atoms with Crippen molar-refractivity contribution in [2.24, 2.45) is 5.92 Å². The molecule has 0 saturated carbocycles. The zero-order valence-electron chi connectivity index (χ0n) is 18.0. The first-order valence-electron chi connectivity index (χ1n) is 9.85. The average Bonchev–Trinajstić information content (AvgIpc) is 3.39. The number of fused-ring (bicyclic) bond motifs is 1. The Kier molecular flexibility index (Phi) is 12.6. The minimum Gasteiger partial charge on any atom is -0.394 e. The quantitative estimate of drug-likeness (QED) is 0.763. The first kappa shape index (κ1) is 25.7. The molecule has 1 aliphatic heterocycles. The Morgan fingerprint density at radius 3 is 2.43 bits per heavy atom. The summed E-state index contributed by atoms with van der Waals surface area (Å²) in [6, 6.07) is 0. The fourth-order valence-corrected chi connectivity index (χ4v) is 2.44. The summed E-state index contributed by atoms with van der Waals surface area (Å²) in [5, 5.41) is 11.9. The molecule has 2 N–H and O–H groups in total. The summed E-state index contributed by atoms with van der Waals surface area (Å²) in [6.45, 7) is 17.6. The molecule has 2 unspecified atom stereocenters. The van der Waals surface area contributed by atoms with E-state index in [-0.39, 0.29) is 30.8 Å². The normalized spacial score (nSPS) is 17.6. The molecule has 0 bridgehead atoms. The van der Waals surface area contributed by atoms with Crippen LogP contribution in [0.25, 0.3) is 11.2 Å². The Labute approximate surface area is 168 Å². The van der Waals surface area contributed by atoms with Gasteiger partial charge in [0, 0.05) is 5.92 Å². The molecule has 8 heteroatoms. The highest BCUT2D eigenvalue weighted by Crippen LogP contribution is 2.31. The van der Waals surface area contributed by atoms with Crippen molar-refractivity contribution < 1.29 is 14.6 Å². The van der Waals surface area contributed by atoms with Crippen molar-refractivity contribution in [2.75, 3.05) is 11.9 Å². The number of carbonyl (C=O) groups is 1. The van der Waals surface area contributed by atoms with Crippen molar-refractivity contribution in [3.63, 3.8) is 0 Å². The van der Waals surface area contributed by atoms with Gasteiger partial charge in [0.25, 0.3) is 0 Å². The molecule has 1 fully saturated rings. The third-order valence-electron chi connectivity index (χ3n) is 3.72. The highest BCUT2D eigenvalue weighted by molar-refractivity contribution is 5.97. The van der Waals surface area contributed by atoms with Crippen LogP contribution in [0, 0.1) is 5.92 Å². The lowest BCUT2D eigenvalue weighted by molar-refractivity contribution is -0.118. The van der Waals surface area contributed by atoms with E-state index in [9.17, 15) is 4.79 Å². The van der Waals surface area contributed by atoms with E-state index in [1.54, 1.807) is 6.33 Å². The number of imidazole rings is 1. The minimum atomic E-state index is -0.203. The van der Waals surface area contributed by atoms with Crippen molar-refractivity contribution >= 4 is 22.9 Å². The van der Waals surface area contributed by atoms with Crippen molar-refractivity contribution in [1.82, 2.24) is 19.5 Å². The molecule has 28 heavy (non-hydrogen) atoms. The first-order valence-corrected chi connectivity index (χ1v) is 9.85. The Morgan fingerprint density at radius 1 is 1.25 bits per heavy atom. The monoisotopic (exact) mass is 393 g/mol. The van der Waals surface area contributed by atoms with Gasteiger partial charge in [-0.05, 0) is 12.8 Å². The van der Waals surface area contributed by atoms with Crippen LogP contribution < -0.4 is 5.32 Å². The van der Waals surface area contributed by atoms with Crippen molar-refractivity contribution in [3.8, 4) is 0 Å². The second-order valence-electron chi connectivity index (χ2n) is 5.66. The van der Waals surface area contributed by atoms with Crippen molar-refractivity contribution in [1.29, 1.82) is 0 Å². The number of aliphatic hydroxyl groups is 1. The Hall–Kier alpha value is -2.32. The third-order valence-corrected chi connectivity index (χ3v) is 3.72. The smallest absolute Gasteiger partial charge is 0.228 e. The summed E-state index contributed by atoms with van der Waals surface area (Å²) >= 11 is 0. The topological polar surface area (TPSA) is 102 Å². The molecule has 1 amide bonds. The molecule has 3 heterocycles. The van der Waals surface area contributed by atoms with Crippen LogP contribution in [-0.4, -0.2) is 43.2 Å². The van der Waals surface area contributed by atoms with Gasteiger partial charge in [0.1, 0.15) is 12.6 Å². The molecule has 2 aromatic rings. The predicted molar refractivity (Wildman–Crippen MR) is 113 cm³/mol. The molecule has 3 rings (SSSR count). The highest BCUT2D eigenvalue weighted by Gasteiger charge is 2.28. The molecular formula is C20H35N5O3. The number of nitrogens with zero attached hydrogens (tertiary/aromatic N) is 4. The highest BCUT2D eigenvalue weighted by atomic mass is 16.5. The second kappa shape index (κ2) is 13.8. The van der Waals surface area contributed by atoms with Crippen molar-refractivity contribution in [3.05, 3.63) is 25.8 Å². The van der Waals surface area contributed by atoms with Gasteiger partial charge in [0.05, 0.1) is 19.0 Å². The van der Waals surface area contributed by atoms with Gasteiger partial charge in [0.15, 0.2) is 17.0 Å². The molecule has 0 radical (unpaired) electrons. The molecule has 0 aliphatic carbocycles. The SMILES string of the molecule is C=C.CC.CC.CC(C)C(=O)Nc1ncnc2c1ncn2C1CCC(CO)O1. The van der Waals surface area contributed by atoms with E-state index in [0.717, 1.165) is 12.8 Å². The van der Waals surface area contributed by atoms with Gasteiger partial charge in [-0.3, -0.25) is 9.36 Å². The van der Waals surface area contributed by atoms with Crippen LogP contribution in [0.4, 0.5) is 5.82 Å². The lowest BCUT2D eigenvalue weighted by atomic mass is 10.2. The minimum absolute atomic E-state index is 0.00775. The van der Waals surface area contributed by atoms with Crippen LogP contribution >= 0.6 is 0 Å². The number of carbonyl (C=O) groups excluding carboxylic acids is 1. The maximum Gasteiger partial charge on any atom is 0.228 e. The predicted octanol–water partition coefficient (Wildman–Crippen LogP) is 3.95. The zero-order chi connectivity index (χ0) is 21.7. The molecule has 8 nitrogen and oxygen atoms in total. The summed E-state index contributed by atoms with van der Waals surface area (Å²) in [4.78, 5) is 24.5. The van der Waals surface area contributed by atoms with Gasteiger partial charge in [-0.2, -0.15) is 0 Å². The van der Waals surface area contributed by atoms with Gasteiger partial charge in [-0.25, -0.2) is 15.0 Å². The van der Waals surface area contributed by atoms with E-state index in [1.165, 1.54) is 6.33 Å². The number of amides is 1. The van der Waals surface area contributed by atoms with Gasteiger partial charge in [0.2, 0.25) is 5.91 Å². The van der Waals surface area contributed by atoms with Crippen LogP contribution in [-0.2, 0) is 9.53 Å². The Balaban J connectivity index is 0.00000111. The number of rotatable bonds is 4. The average molecular weight is 394 g/mol. The first-order chi connectivity index (χ1) is 13.6. The lowest BCUT2D eigenvalue weighted by Gasteiger charge is -2.14. The van der Waals surface area contributed by atoms with Crippen LogP contribution in [0.15, 0.2) is 25.8 Å². The van der Waals surface area contributed by atoms with Crippen LogP contribution in [0.1, 0.15) is 60.6 Å². The summed E-state index contributed by atoms with van der Waals surface area (Å²) < 4.78 is 7.56. The Morgan fingerprint density at radius 2 is 1.89 bits per heavy atom. The molecule has 2 aromatic heterocycles. The zero-order valence-corrected chi connectivity index (χ0v) is 18.0. The lowest BCUT2D eigenvalue weighted by Crippen LogP contribution is -2.19. The number of anilines is 1.